The van der Waals surface area contributed by atoms with Crippen LogP contribution in [0.1, 0.15) is 32.1 Å². The molecule has 2 atom stereocenters. The summed E-state index contributed by atoms with van der Waals surface area (Å²) in [5, 5.41) is 4.39. The maximum Gasteiger partial charge on any atom is 0.471 e. The van der Waals surface area contributed by atoms with Gasteiger partial charge < -0.3 is 10.6 Å². The SMILES string of the molecule is O=C(NCCNC(=O)C(F)(F)F)[C@@H]1CCCN2CCCC[C@H]12. The van der Waals surface area contributed by atoms with Crippen molar-refractivity contribution >= 4 is 11.8 Å². The zero-order valence-corrected chi connectivity index (χ0v) is 12.4. The van der Waals surface area contributed by atoms with Gasteiger partial charge in [0.2, 0.25) is 5.91 Å². The number of carbonyl (C=O) groups excluding carboxylic acids is 2. The Hall–Kier alpha value is -1.31. The topological polar surface area (TPSA) is 61.4 Å². The smallest absolute Gasteiger partial charge is 0.354 e. The van der Waals surface area contributed by atoms with Gasteiger partial charge >= 0.3 is 12.1 Å². The molecule has 126 valence electrons. The molecule has 2 saturated heterocycles. The number of alkyl halides is 3. The third-order valence-corrected chi connectivity index (χ3v) is 4.39. The van der Waals surface area contributed by atoms with Crippen LogP contribution in [0.4, 0.5) is 13.2 Å². The molecule has 0 aromatic heterocycles. The molecule has 22 heavy (non-hydrogen) atoms. The summed E-state index contributed by atoms with van der Waals surface area (Å²) in [7, 11) is 0. The van der Waals surface area contributed by atoms with Crippen molar-refractivity contribution < 1.29 is 22.8 Å². The van der Waals surface area contributed by atoms with Gasteiger partial charge in [-0.05, 0) is 38.8 Å². The average molecular weight is 321 g/mol. The van der Waals surface area contributed by atoms with E-state index in [1.165, 1.54) is 0 Å². The second-order valence-corrected chi connectivity index (χ2v) is 5.89. The summed E-state index contributed by atoms with van der Waals surface area (Å²) >= 11 is 0. The molecule has 0 radical (unpaired) electrons. The zero-order valence-electron chi connectivity index (χ0n) is 12.4. The van der Waals surface area contributed by atoms with Gasteiger partial charge in [-0.3, -0.25) is 14.5 Å². The number of halogens is 3. The molecule has 0 aromatic carbocycles. The van der Waals surface area contributed by atoms with Crippen LogP contribution >= 0.6 is 0 Å². The number of piperidine rings is 2. The van der Waals surface area contributed by atoms with Gasteiger partial charge in [0.1, 0.15) is 0 Å². The molecule has 8 heteroatoms. The Morgan fingerprint density at radius 2 is 1.68 bits per heavy atom. The van der Waals surface area contributed by atoms with Gasteiger partial charge in [0.05, 0.1) is 5.92 Å². The third kappa shape index (κ3) is 4.34. The number of rotatable bonds is 4. The van der Waals surface area contributed by atoms with Crippen LogP contribution in [0.2, 0.25) is 0 Å². The van der Waals surface area contributed by atoms with Gasteiger partial charge in [-0.2, -0.15) is 13.2 Å². The van der Waals surface area contributed by atoms with E-state index in [0.29, 0.717) is 0 Å². The highest BCUT2D eigenvalue weighted by Gasteiger charge is 2.39. The fraction of sp³-hybridized carbons (Fsp3) is 0.857. The minimum atomic E-state index is -4.88. The molecule has 2 rings (SSSR count). The maximum atomic E-state index is 12.2. The predicted molar refractivity (Wildman–Crippen MR) is 74.0 cm³/mol. The molecule has 0 bridgehead atoms. The lowest BCUT2D eigenvalue weighted by Crippen LogP contribution is -2.53. The lowest BCUT2D eigenvalue weighted by atomic mass is 9.83. The van der Waals surface area contributed by atoms with Crippen LogP contribution in [-0.2, 0) is 9.59 Å². The highest BCUT2D eigenvalue weighted by Crippen LogP contribution is 2.30. The largest absolute Gasteiger partial charge is 0.471 e. The number of hydrogen-bond acceptors (Lipinski definition) is 3. The lowest BCUT2D eigenvalue weighted by Gasteiger charge is -2.43. The van der Waals surface area contributed by atoms with Crippen LogP contribution in [0.3, 0.4) is 0 Å². The Morgan fingerprint density at radius 1 is 1.00 bits per heavy atom. The van der Waals surface area contributed by atoms with E-state index >= 15 is 0 Å². The van der Waals surface area contributed by atoms with Crippen molar-refractivity contribution in [3.63, 3.8) is 0 Å². The second kappa shape index (κ2) is 7.30. The minimum absolute atomic E-state index is 0.0177. The van der Waals surface area contributed by atoms with Crippen molar-refractivity contribution in [3.8, 4) is 0 Å². The van der Waals surface area contributed by atoms with E-state index in [0.717, 1.165) is 45.2 Å². The van der Waals surface area contributed by atoms with Crippen molar-refractivity contribution in [2.45, 2.75) is 44.3 Å². The van der Waals surface area contributed by atoms with E-state index in [4.69, 9.17) is 0 Å². The predicted octanol–water partition coefficient (Wildman–Crippen LogP) is 1.05. The molecule has 2 fully saturated rings. The number of nitrogens with zero attached hydrogens (tertiary/aromatic N) is 1. The first-order valence-corrected chi connectivity index (χ1v) is 7.76. The van der Waals surface area contributed by atoms with E-state index in [2.05, 4.69) is 10.2 Å². The van der Waals surface area contributed by atoms with Gasteiger partial charge in [-0.1, -0.05) is 6.42 Å². The maximum absolute atomic E-state index is 12.2. The number of fused-ring (bicyclic) bond motifs is 1. The summed E-state index contributed by atoms with van der Waals surface area (Å²) in [6.07, 6.45) is 0.196. The number of nitrogens with one attached hydrogen (secondary N) is 2. The van der Waals surface area contributed by atoms with E-state index in [1.54, 1.807) is 5.32 Å². The van der Waals surface area contributed by atoms with Crippen LogP contribution < -0.4 is 10.6 Å². The molecular formula is C14H22F3N3O2. The molecule has 2 amide bonds. The minimum Gasteiger partial charge on any atom is -0.354 e. The average Bonchev–Trinajstić information content (AvgIpc) is 2.49. The van der Waals surface area contributed by atoms with Crippen LogP contribution in [0, 0.1) is 5.92 Å². The molecular weight excluding hydrogens is 299 g/mol. The number of hydrogen-bond donors (Lipinski definition) is 2. The highest BCUT2D eigenvalue weighted by molar-refractivity contribution is 5.82. The van der Waals surface area contributed by atoms with Crippen molar-refractivity contribution in [3.05, 3.63) is 0 Å². The lowest BCUT2D eigenvalue weighted by molar-refractivity contribution is -0.173. The monoisotopic (exact) mass is 321 g/mol. The van der Waals surface area contributed by atoms with Crippen LogP contribution in [0.5, 0.6) is 0 Å². The Bertz CT molecular complexity index is 413. The Morgan fingerprint density at radius 3 is 2.41 bits per heavy atom. The summed E-state index contributed by atoms with van der Waals surface area (Å²) in [6, 6.07) is 0.257. The van der Waals surface area contributed by atoms with Crippen molar-refractivity contribution in [2.75, 3.05) is 26.2 Å². The van der Waals surface area contributed by atoms with Crippen LogP contribution in [0.15, 0.2) is 0 Å². The molecule has 2 N–H and O–H groups in total. The van der Waals surface area contributed by atoms with E-state index in [1.807, 2.05) is 0 Å². The zero-order chi connectivity index (χ0) is 16.2. The standard InChI is InChI=1S/C14H22F3N3O2/c15-14(16,17)13(22)19-7-6-18-12(21)10-4-3-9-20-8-2-1-5-11(10)20/h10-11H,1-9H2,(H,18,21)(H,19,22)/t10-,11-/m1/s1. The Kier molecular flexibility index (Phi) is 5.66. The summed E-state index contributed by atoms with van der Waals surface area (Å²) in [5.74, 6) is -2.18. The number of carbonyl (C=O) groups is 2. The van der Waals surface area contributed by atoms with E-state index in [-0.39, 0.29) is 31.0 Å². The molecule has 0 unspecified atom stereocenters. The first-order valence-electron chi connectivity index (χ1n) is 7.76. The Balaban J connectivity index is 1.73. The van der Waals surface area contributed by atoms with Gasteiger partial charge in [0.25, 0.3) is 0 Å². The molecule has 0 aromatic rings. The first-order chi connectivity index (χ1) is 10.4. The summed E-state index contributed by atoms with van der Waals surface area (Å²) in [4.78, 5) is 25.2. The summed E-state index contributed by atoms with van der Waals surface area (Å²) in [5.41, 5.74) is 0. The fourth-order valence-electron chi connectivity index (χ4n) is 3.36. The van der Waals surface area contributed by atoms with Crippen molar-refractivity contribution in [1.29, 1.82) is 0 Å². The first kappa shape index (κ1) is 17.1. The molecule has 2 aliphatic rings. The summed E-state index contributed by atoms with van der Waals surface area (Å²) < 4.78 is 36.0. The second-order valence-electron chi connectivity index (χ2n) is 5.89. The molecule has 2 aliphatic heterocycles. The Labute approximate surface area is 127 Å². The van der Waals surface area contributed by atoms with Crippen LogP contribution in [0.25, 0.3) is 0 Å². The third-order valence-electron chi connectivity index (χ3n) is 4.39. The van der Waals surface area contributed by atoms with Gasteiger partial charge in [0, 0.05) is 19.1 Å². The van der Waals surface area contributed by atoms with Crippen molar-refractivity contribution in [2.24, 2.45) is 5.92 Å². The fourth-order valence-corrected chi connectivity index (χ4v) is 3.36. The molecule has 5 nitrogen and oxygen atoms in total. The van der Waals surface area contributed by atoms with Crippen LogP contribution in [-0.4, -0.2) is 55.1 Å². The quantitative estimate of drug-likeness (QED) is 0.761. The molecule has 0 spiro atoms. The van der Waals surface area contributed by atoms with Crippen molar-refractivity contribution in [1.82, 2.24) is 15.5 Å². The van der Waals surface area contributed by atoms with Gasteiger partial charge in [-0.15, -0.1) is 0 Å². The van der Waals surface area contributed by atoms with Gasteiger partial charge in [-0.25, -0.2) is 0 Å². The number of amides is 2. The van der Waals surface area contributed by atoms with E-state index < -0.39 is 12.1 Å². The summed E-state index contributed by atoms with van der Waals surface area (Å²) in [6.45, 7) is 1.85. The molecule has 2 heterocycles. The molecule has 0 aliphatic carbocycles. The van der Waals surface area contributed by atoms with E-state index in [9.17, 15) is 22.8 Å². The highest BCUT2D eigenvalue weighted by atomic mass is 19.4. The normalized spacial score (nSPS) is 26.1. The molecule has 0 saturated carbocycles. The van der Waals surface area contributed by atoms with Gasteiger partial charge in [0.15, 0.2) is 0 Å².